The summed E-state index contributed by atoms with van der Waals surface area (Å²) in [5.74, 6) is -1.76. The summed E-state index contributed by atoms with van der Waals surface area (Å²) in [6.45, 7) is 5.92. The van der Waals surface area contributed by atoms with Gasteiger partial charge >= 0.3 is 0 Å². The van der Waals surface area contributed by atoms with Crippen molar-refractivity contribution in [1.29, 1.82) is 0 Å². The van der Waals surface area contributed by atoms with Crippen LogP contribution < -0.4 is 16.0 Å². The third-order valence-corrected chi connectivity index (χ3v) is 7.99. The van der Waals surface area contributed by atoms with Crippen LogP contribution in [-0.4, -0.2) is 23.0 Å². The van der Waals surface area contributed by atoms with E-state index in [0.717, 1.165) is 21.7 Å². The number of benzene rings is 4. The van der Waals surface area contributed by atoms with Gasteiger partial charge in [-0.15, -0.1) is 11.8 Å². The number of hydrogen-bond donors (Lipinski definition) is 3. The molecule has 8 heteroatoms. The Morgan fingerprint density at radius 3 is 2.31 bits per heavy atom. The average Bonchev–Trinajstić information content (AvgIpc) is 2.99. The molecule has 42 heavy (non-hydrogen) atoms. The molecule has 0 saturated carbocycles. The molecule has 0 radical (unpaired) electrons. The monoisotopic (exact) mass is 581 g/mol. The Bertz CT molecular complexity index is 1620. The van der Waals surface area contributed by atoms with Crippen LogP contribution in [0.1, 0.15) is 40.4 Å². The van der Waals surface area contributed by atoms with Crippen molar-refractivity contribution in [3.05, 3.63) is 131 Å². The molecule has 0 bridgehead atoms. The maximum absolute atomic E-state index is 14.4. The van der Waals surface area contributed by atoms with Crippen molar-refractivity contribution in [3.63, 3.8) is 0 Å². The van der Waals surface area contributed by atoms with Crippen LogP contribution in [0.15, 0.2) is 108 Å². The first-order valence-electron chi connectivity index (χ1n) is 13.5. The number of aryl methyl sites for hydroxylation is 1. The molecule has 4 aromatic carbocycles. The Balaban J connectivity index is 1.51. The molecule has 3 amide bonds. The van der Waals surface area contributed by atoms with Gasteiger partial charge in [-0.1, -0.05) is 61.5 Å². The lowest BCUT2D eigenvalue weighted by molar-refractivity contribution is -0.116. The van der Waals surface area contributed by atoms with Gasteiger partial charge in [-0.25, -0.2) is 4.39 Å². The summed E-state index contributed by atoms with van der Waals surface area (Å²) < 4.78 is 14.4. The molecule has 0 aliphatic rings. The lowest BCUT2D eigenvalue weighted by atomic mass is 10.1. The van der Waals surface area contributed by atoms with E-state index >= 15 is 0 Å². The fraction of sp³-hybridized carbons (Fsp3) is 0.147. The maximum atomic E-state index is 14.4. The largest absolute Gasteiger partial charge is 0.325 e. The molecule has 0 heterocycles. The standard InChI is InChI=1S/C34H32FN3O3S/c1-4-31(34(41)37-29-19-10-12-22(2)23(29)3)42-27-17-11-16-26(21-27)36-33(40)30(20-25-15-8-9-18-28(25)35)38-32(39)24-13-6-5-7-14-24/h5-21,31H,4H2,1-3H3,(H,36,40)(H,37,41)(H,38,39)/b30-20-. The number of carbonyl (C=O) groups is 3. The zero-order valence-electron chi connectivity index (χ0n) is 23.6. The molecular formula is C34H32FN3O3S. The van der Waals surface area contributed by atoms with Gasteiger partial charge in [0.2, 0.25) is 5.91 Å². The average molecular weight is 582 g/mol. The van der Waals surface area contributed by atoms with E-state index in [2.05, 4.69) is 16.0 Å². The van der Waals surface area contributed by atoms with Crippen LogP contribution in [0.25, 0.3) is 6.08 Å². The highest BCUT2D eigenvalue weighted by molar-refractivity contribution is 8.00. The van der Waals surface area contributed by atoms with Crippen molar-refractivity contribution in [1.82, 2.24) is 5.32 Å². The molecule has 3 N–H and O–H groups in total. The van der Waals surface area contributed by atoms with Crippen LogP contribution in [0.4, 0.5) is 15.8 Å². The molecule has 6 nitrogen and oxygen atoms in total. The quantitative estimate of drug-likeness (QED) is 0.135. The van der Waals surface area contributed by atoms with E-state index < -0.39 is 17.6 Å². The summed E-state index contributed by atoms with van der Waals surface area (Å²) in [5.41, 5.74) is 3.75. The number of carbonyl (C=O) groups excluding carboxylic acids is 3. The second-order valence-electron chi connectivity index (χ2n) is 9.63. The summed E-state index contributed by atoms with van der Waals surface area (Å²) in [6.07, 6.45) is 1.90. The summed E-state index contributed by atoms with van der Waals surface area (Å²) in [4.78, 5) is 40.1. The highest BCUT2D eigenvalue weighted by Gasteiger charge is 2.20. The predicted octanol–water partition coefficient (Wildman–Crippen LogP) is 7.36. The highest BCUT2D eigenvalue weighted by atomic mass is 32.2. The van der Waals surface area contributed by atoms with Crippen molar-refractivity contribution in [2.75, 3.05) is 10.6 Å². The van der Waals surface area contributed by atoms with Crippen LogP contribution >= 0.6 is 11.8 Å². The molecule has 214 valence electrons. The van der Waals surface area contributed by atoms with Crippen LogP contribution in [-0.2, 0) is 9.59 Å². The summed E-state index contributed by atoms with van der Waals surface area (Å²) in [5, 5.41) is 8.08. The topological polar surface area (TPSA) is 87.3 Å². The lowest BCUT2D eigenvalue weighted by Gasteiger charge is -2.17. The van der Waals surface area contributed by atoms with Gasteiger partial charge in [-0.2, -0.15) is 0 Å². The van der Waals surface area contributed by atoms with E-state index in [1.165, 1.54) is 30.0 Å². The smallest absolute Gasteiger partial charge is 0.272 e. The molecule has 0 aliphatic heterocycles. The van der Waals surface area contributed by atoms with Gasteiger partial charge in [-0.3, -0.25) is 14.4 Å². The molecule has 4 rings (SSSR count). The third-order valence-electron chi connectivity index (χ3n) is 6.63. The molecule has 0 saturated heterocycles. The van der Waals surface area contributed by atoms with E-state index in [4.69, 9.17) is 0 Å². The van der Waals surface area contributed by atoms with Crippen molar-refractivity contribution in [2.24, 2.45) is 0 Å². The number of rotatable bonds is 10. The Morgan fingerprint density at radius 1 is 0.857 bits per heavy atom. The van der Waals surface area contributed by atoms with E-state index in [1.54, 1.807) is 60.7 Å². The van der Waals surface area contributed by atoms with E-state index in [9.17, 15) is 18.8 Å². The van der Waals surface area contributed by atoms with Crippen molar-refractivity contribution < 1.29 is 18.8 Å². The van der Waals surface area contributed by atoms with Crippen molar-refractivity contribution in [2.45, 2.75) is 37.3 Å². The summed E-state index contributed by atoms with van der Waals surface area (Å²) in [7, 11) is 0. The normalized spacial score (nSPS) is 11.9. The van der Waals surface area contributed by atoms with E-state index in [-0.39, 0.29) is 22.4 Å². The minimum Gasteiger partial charge on any atom is -0.325 e. The molecule has 0 fully saturated rings. The third kappa shape index (κ3) is 7.95. The van der Waals surface area contributed by atoms with Gasteiger partial charge < -0.3 is 16.0 Å². The Labute approximate surface area is 249 Å². The number of hydrogen-bond acceptors (Lipinski definition) is 4. The number of thioether (sulfide) groups is 1. The van der Waals surface area contributed by atoms with Gasteiger partial charge in [0.05, 0.1) is 5.25 Å². The minimum atomic E-state index is -0.621. The second-order valence-corrected chi connectivity index (χ2v) is 10.9. The zero-order valence-corrected chi connectivity index (χ0v) is 24.4. The van der Waals surface area contributed by atoms with Crippen LogP contribution in [0.2, 0.25) is 0 Å². The Kier molecular flexibility index (Phi) is 10.3. The molecule has 0 aromatic heterocycles. The highest BCUT2D eigenvalue weighted by Crippen LogP contribution is 2.29. The summed E-state index contributed by atoms with van der Waals surface area (Å²) in [6, 6.07) is 27.3. The first-order chi connectivity index (χ1) is 20.2. The van der Waals surface area contributed by atoms with Crippen LogP contribution in [0, 0.1) is 19.7 Å². The van der Waals surface area contributed by atoms with Gasteiger partial charge in [-0.05, 0) is 79.9 Å². The minimum absolute atomic E-state index is 0.107. The van der Waals surface area contributed by atoms with Crippen molar-refractivity contribution >= 4 is 46.9 Å². The first kappa shape index (κ1) is 30.3. The fourth-order valence-electron chi connectivity index (χ4n) is 4.12. The van der Waals surface area contributed by atoms with E-state index in [0.29, 0.717) is 17.7 Å². The summed E-state index contributed by atoms with van der Waals surface area (Å²) >= 11 is 1.39. The molecule has 0 spiro atoms. The Hall–Kier alpha value is -4.69. The maximum Gasteiger partial charge on any atom is 0.272 e. The molecule has 4 aromatic rings. The second kappa shape index (κ2) is 14.3. The molecule has 1 unspecified atom stereocenters. The van der Waals surface area contributed by atoms with Gasteiger partial charge in [0.1, 0.15) is 11.5 Å². The molecule has 0 aliphatic carbocycles. The zero-order chi connectivity index (χ0) is 30.1. The predicted molar refractivity (Wildman–Crippen MR) is 168 cm³/mol. The molecular weight excluding hydrogens is 549 g/mol. The lowest BCUT2D eigenvalue weighted by Crippen LogP contribution is -2.30. The number of halogens is 1. The molecule has 1 atom stereocenters. The number of anilines is 2. The van der Waals surface area contributed by atoms with Gasteiger partial charge in [0, 0.05) is 27.4 Å². The van der Waals surface area contributed by atoms with Crippen LogP contribution in [0.5, 0.6) is 0 Å². The number of amides is 3. The SMILES string of the molecule is CCC(Sc1cccc(NC(=O)/C(=C/c2ccccc2F)NC(=O)c2ccccc2)c1)C(=O)Nc1cccc(C)c1C. The van der Waals surface area contributed by atoms with Crippen molar-refractivity contribution in [3.8, 4) is 0 Å². The fourth-order valence-corrected chi connectivity index (χ4v) is 5.14. The van der Waals surface area contributed by atoms with E-state index in [1.807, 2.05) is 45.0 Å². The number of nitrogens with one attached hydrogen (secondary N) is 3. The van der Waals surface area contributed by atoms with Gasteiger partial charge in [0.15, 0.2) is 0 Å². The van der Waals surface area contributed by atoms with Gasteiger partial charge in [0.25, 0.3) is 11.8 Å². The van der Waals surface area contributed by atoms with Crippen LogP contribution in [0.3, 0.4) is 0 Å². The Morgan fingerprint density at radius 2 is 1.57 bits per heavy atom. The first-order valence-corrected chi connectivity index (χ1v) is 14.4.